The van der Waals surface area contributed by atoms with E-state index in [9.17, 15) is 20.1 Å². The van der Waals surface area contributed by atoms with Crippen molar-refractivity contribution in [2.75, 3.05) is 0 Å². The van der Waals surface area contributed by atoms with Crippen LogP contribution in [-0.4, -0.2) is 63.2 Å². The lowest BCUT2D eigenvalue weighted by Gasteiger charge is -2.41. The van der Waals surface area contributed by atoms with Crippen molar-refractivity contribution in [1.29, 1.82) is 0 Å². The fraction of sp³-hybridized carbons (Fsp3) is 0.875. The van der Waals surface area contributed by atoms with Crippen LogP contribution in [0.1, 0.15) is 6.92 Å². The van der Waals surface area contributed by atoms with Crippen molar-refractivity contribution >= 4 is 5.91 Å². The summed E-state index contributed by atoms with van der Waals surface area (Å²) < 4.78 is 4.80. The van der Waals surface area contributed by atoms with Crippen LogP contribution in [0.3, 0.4) is 0 Å². The third-order valence-electron chi connectivity index (χ3n) is 2.36. The minimum absolute atomic E-state index is 0.495. The van der Waals surface area contributed by atoms with Gasteiger partial charge in [0, 0.05) is 6.92 Å². The Morgan fingerprint density at radius 2 is 1.94 bits per heavy atom. The summed E-state index contributed by atoms with van der Waals surface area (Å²) in [6.07, 6.45) is -7.38. The maximum atomic E-state index is 10.8. The number of amides is 1. The smallest absolute Gasteiger partial charge is 0.217 e. The average Bonchev–Trinajstić information content (AvgIpc) is 2.17. The van der Waals surface area contributed by atoms with Gasteiger partial charge in [-0.2, -0.15) is 0 Å². The molecule has 1 aliphatic heterocycles. The maximum absolute atomic E-state index is 10.8. The third-order valence-corrected chi connectivity index (χ3v) is 2.36. The van der Waals surface area contributed by atoms with Crippen LogP contribution in [0.2, 0.25) is 0 Å². The Bertz CT molecular complexity index is 261. The van der Waals surface area contributed by atoms with Crippen LogP contribution >= 0.6 is 0 Å². The van der Waals surface area contributed by atoms with E-state index in [0.717, 1.165) is 0 Å². The number of ether oxygens (including phenoxy) is 1. The molecule has 0 aliphatic carbocycles. The minimum Gasteiger partial charge on any atom is -0.388 e. The van der Waals surface area contributed by atoms with E-state index in [1.807, 2.05) is 0 Å². The molecule has 0 spiro atoms. The van der Waals surface area contributed by atoms with Crippen LogP contribution in [0.25, 0.3) is 0 Å². The van der Waals surface area contributed by atoms with Crippen LogP contribution in [0.15, 0.2) is 0 Å². The molecule has 16 heavy (non-hydrogen) atoms. The summed E-state index contributed by atoms with van der Waals surface area (Å²) >= 11 is 0. The number of carbonyl (C=O) groups is 1. The van der Waals surface area contributed by atoms with E-state index >= 15 is 0 Å². The number of nitrogens with two attached hydrogens (primary N) is 1. The van der Waals surface area contributed by atoms with E-state index < -0.39 is 42.8 Å². The van der Waals surface area contributed by atoms with Crippen molar-refractivity contribution < 1.29 is 30.0 Å². The molecule has 0 aromatic heterocycles. The Morgan fingerprint density at radius 1 is 1.38 bits per heavy atom. The molecule has 8 heteroatoms. The summed E-state index contributed by atoms with van der Waals surface area (Å²) in [5.74, 6) is -0.495. The Hall–Kier alpha value is -0.770. The molecule has 1 saturated heterocycles. The van der Waals surface area contributed by atoms with E-state index in [1.165, 1.54) is 6.92 Å². The Labute approximate surface area is 91.6 Å². The SMILES string of the molecule is CC(=O)N[C@@H]1[C@@H](O)[C@H](O)[C@@H]([C@H](N)O)O[C@H]1O. The van der Waals surface area contributed by atoms with Gasteiger partial charge in [-0.3, -0.25) is 4.79 Å². The summed E-state index contributed by atoms with van der Waals surface area (Å²) in [6.45, 7) is 1.19. The number of aliphatic hydroxyl groups is 4. The second-order valence-electron chi connectivity index (χ2n) is 3.69. The number of hydrogen-bond acceptors (Lipinski definition) is 7. The molecular formula is C8H16N2O6. The van der Waals surface area contributed by atoms with E-state index in [1.54, 1.807) is 0 Å². The molecule has 1 amide bonds. The monoisotopic (exact) mass is 236 g/mol. The fourth-order valence-corrected chi connectivity index (χ4v) is 1.58. The molecule has 1 rings (SSSR count). The average molecular weight is 236 g/mol. The predicted molar refractivity (Wildman–Crippen MR) is 50.7 cm³/mol. The van der Waals surface area contributed by atoms with Crippen LogP contribution in [0.4, 0.5) is 0 Å². The first-order chi connectivity index (χ1) is 7.34. The van der Waals surface area contributed by atoms with Crippen LogP contribution < -0.4 is 11.1 Å². The summed E-state index contributed by atoms with van der Waals surface area (Å²) in [5.41, 5.74) is 5.09. The predicted octanol–water partition coefficient (Wildman–Crippen LogP) is -3.79. The molecule has 0 radical (unpaired) electrons. The molecule has 1 heterocycles. The maximum Gasteiger partial charge on any atom is 0.217 e. The highest BCUT2D eigenvalue weighted by atomic mass is 16.6. The Morgan fingerprint density at radius 3 is 2.38 bits per heavy atom. The Balaban J connectivity index is 2.75. The first-order valence-electron chi connectivity index (χ1n) is 4.75. The van der Waals surface area contributed by atoms with Gasteiger partial charge in [0.15, 0.2) is 6.29 Å². The number of rotatable bonds is 2. The van der Waals surface area contributed by atoms with Crippen molar-refractivity contribution in [2.45, 2.75) is 43.8 Å². The highest BCUT2D eigenvalue weighted by Crippen LogP contribution is 2.20. The summed E-state index contributed by atoms with van der Waals surface area (Å²) in [4.78, 5) is 10.8. The highest BCUT2D eigenvalue weighted by molar-refractivity contribution is 5.73. The molecule has 1 aliphatic rings. The number of hydrogen-bond donors (Lipinski definition) is 6. The van der Waals surface area contributed by atoms with E-state index in [4.69, 9.17) is 15.6 Å². The molecule has 0 saturated carbocycles. The molecule has 8 nitrogen and oxygen atoms in total. The molecule has 94 valence electrons. The molecule has 0 aromatic carbocycles. The standard InChI is InChI=1S/C8H16N2O6/c1-2(11)10-3-4(12)5(13)6(7(9)14)16-8(3)15/h3-8,12-15H,9H2,1H3,(H,10,11)/t3-,4-,5+,6+,7-,8-/m1/s1. The number of aliphatic hydroxyl groups excluding tert-OH is 4. The van der Waals surface area contributed by atoms with Gasteiger partial charge in [0.05, 0.1) is 0 Å². The lowest BCUT2D eigenvalue weighted by Crippen LogP contribution is -2.66. The molecular weight excluding hydrogens is 220 g/mol. The van der Waals surface area contributed by atoms with Crippen molar-refractivity contribution in [3.05, 3.63) is 0 Å². The zero-order valence-corrected chi connectivity index (χ0v) is 8.65. The summed E-state index contributed by atoms with van der Waals surface area (Å²) in [5, 5.41) is 39.8. The lowest BCUT2D eigenvalue weighted by molar-refractivity contribution is -0.265. The zero-order chi connectivity index (χ0) is 12.5. The number of carbonyl (C=O) groups excluding carboxylic acids is 1. The van der Waals surface area contributed by atoms with Crippen molar-refractivity contribution in [3.8, 4) is 0 Å². The molecule has 0 aromatic rings. The van der Waals surface area contributed by atoms with Gasteiger partial charge in [0.25, 0.3) is 0 Å². The van der Waals surface area contributed by atoms with Crippen molar-refractivity contribution in [2.24, 2.45) is 5.73 Å². The van der Waals surface area contributed by atoms with Gasteiger partial charge in [-0.1, -0.05) is 0 Å². The van der Waals surface area contributed by atoms with Crippen LogP contribution in [0, 0.1) is 0 Å². The molecule has 0 unspecified atom stereocenters. The first kappa shape index (κ1) is 13.3. The van der Waals surface area contributed by atoms with Crippen LogP contribution in [0.5, 0.6) is 0 Å². The van der Waals surface area contributed by atoms with Crippen LogP contribution in [-0.2, 0) is 9.53 Å². The van der Waals surface area contributed by atoms with Gasteiger partial charge in [-0.15, -0.1) is 0 Å². The van der Waals surface area contributed by atoms with Gasteiger partial charge < -0.3 is 36.2 Å². The van der Waals surface area contributed by atoms with Gasteiger partial charge in [0.2, 0.25) is 5.91 Å². The highest BCUT2D eigenvalue weighted by Gasteiger charge is 2.46. The topological polar surface area (TPSA) is 145 Å². The Kier molecular flexibility index (Phi) is 4.19. The molecule has 0 bridgehead atoms. The second kappa shape index (κ2) is 5.04. The lowest BCUT2D eigenvalue weighted by atomic mass is 9.96. The minimum atomic E-state index is -1.55. The summed E-state index contributed by atoms with van der Waals surface area (Å²) in [6, 6.07) is -1.16. The normalized spacial score (nSPS) is 41.5. The van der Waals surface area contributed by atoms with E-state index in [0.29, 0.717) is 0 Å². The first-order valence-corrected chi connectivity index (χ1v) is 4.75. The van der Waals surface area contributed by atoms with E-state index in [2.05, 4.69) is 5.32 Å². The molecule has 7 N–H and O–H groups in total. The molecule has 1 fully saturated rings. The van der Waals surface area contributed by atoms with Crippen molar-refractivity contribution in [1.82, 2.24) is 5.32 Å². The van der Waals surface area contributed by atoms with E-state index in [-0.39, 0.29) is 0 Å². The van der Waals surface area contributed by atoms with Crippen molar-refractivity contribution in [3.63, 3.8) is 0 Å². The summed E-state index contributed by atoms with van der Waals surface area (Å²) in [7, 11) is 0. The number of nitrogens with one attached hydrogen (secondary N) is 1. The van der Waals surface area contributed by atoms with Gasteiger partial charge in [0.1, 0.15) is 30.6 Å². The largest absolute Gasteiger partial charge is 0.388 e. The fourth-order valence-electron chi connectivity index (χ4n) is 1.58. The zero-order valence-electron chi connectivity index (χ0n) is 8.65. The quantitative estimate of drug-likeness (QED) is 0.270. The second-order valence-corrected chi connectivity index (χ2v) is 3.69. The van der Waals surface area contributed by atoms with Gasteiger partial charge in [-0.05, 0) is 0 Å². The third kappa shape index (κ3) is 2.67. The molecule has 6 atom stereocenters. The van der Waals surface area contributed by atoms with Gasteiger partial charge >= 0.3 is 0 Å². The van der Waals surface area contributed by atoms with Gasteiger partial charge in [-0.25, -0.2) is 0 Å².